The summed E-state index contributed by atoms with van der Waals surface area (Å²) >= 11 is 0. The number of rotatable bonds is 6. The van der Waals surface area contributed by atoms with E-state index >= 15 is 0 Å². The van der Waals surface area contributed by atoms with Crippen LogP contribution >= 0.6 is 0 Å². The lowest BCUT2D eigenvalue weighted by Crippen LogP contribution is -2.40. The van der Waals surface area contributed by atoms with Gasteiger partial charge in [-0.3, -0.25) is 0 Å². The van der Waals surface area contributed by atoms with Crippen LogP contribution in [0.4, 0.5) is 0 Å². The molecule has 3 unspecified atom stereocenters. The first-order chi connectivity index (χ1) is 10.2. The molecule has 0 aromatic rings. The molecule has 0 aliphatic heterocycles. The van der Waals surface area contributed by atoms with Gasteiger partial charge in [0.25, 0.3) is 0 Å². The minimum atomic E-state index is -0.998. The average Bonchev–Trinajstić information content (AvgIpc) is 2.46. The Balaban J connectivity index is 3.16. The molecule has 3 atom stereocenters. The molecule has 0 spiro atoms. The van der Waals surface area contributed by atoms with Gasteiger partial charge >= 0.3 is 11.9 Å². The molecule has 0 fully saturated rings. The number of carbonyl (C=O) groups is 2. The van der Waals surface area contributed by atoms with E-state index in [1.165, 1.54) is 0 Å². The summed E-state index contributed by atoms with van der Waals surface area (Å²) in [6.07, 6.45) is 2.36. The van der Waals surface area contributed by atoms with Gasteiger partial charge in [-0.15, -0.1) is 0 Å². The maximum Gasteiger partial charge on any atom is 0.334 e. The van der Waals surface area contributed by atoms with Gasteiger partial charge in [-0.05, 0) is 24.2 Å². The average molecular weight is 310 g/mol. The van der Waals surface area contributed by atoms with Gasteiger partial charge < -0.3 is 9.84 Å². The molecule has 1 aliphatic carbocycles. The van der Waals surface area contributed by atoms with Crippen LogP contribution in [0, 0.1) is 23.2 Å². The number of aliphatic carboxylic acids is 1. The van der Waals surface area contributed by atoms with Crippen molar-refractivity contribution < 1.29 is 19.4 Å². The first-order valence-corrected chi connectivity index (χ1v) is 8.30. The van der Waals surface area contributed by atoms with Gasteiger partial charge in [0.1, 0.15) is 0 Å². The fourth-order valence-electron chi connectivity index (χ4n) is 3.26. The Labute approximate surface area is 133 Å². The zero-order valence-electron chi connectivity index (χ0n) is 14.7. The monoisotopic (exact) mass is 310 g/mol. The number of carbonyl (C=O) groups excluding carboxylic acids is 1. The maximum absolute atomic E-state index is 12.4. The lowest BCUT2D eigenvalue weighted by Gasteiger charge is -2.43. The Morgan fingerprint density at radius 1 is 1.36 bits per heavy atom. The zero-order valence-corrected chi connectivity index (χ0v) is 14.7. The summed E-state index contributed by atoms with van der Waals surface area (Å²) in [5.74, 6) is -0.632. The van der Waals surface area contributed by atoms with E-state index in [-0.39, 0.29) is 17.4 Å². The molecule has 1 rings (SSSR count). The Hall–Kier alpha value is -1.32. The number of hydrogen-bond donors (Lipinski definition) is 1. The van der Waals surface area contributed by atoms with Crippen molar-refractivity contribution in [3.8, 4) is 0 Å². The molecule has 0 saturated carbocycles. The van der Waals surface area contributed by atoms with E-state index < -0.39 is 17.4 Å². The Morgan fingerprint density at radius 2 is 1.95 bits per heavy atom. The van der Waals surface area contributed by atoms with Crippen molar-refractivity contribution in [3.63, 3.8) is 0 Å². The Bertz CT molecular complexity index is 462. The third kappa shape index (κ3) is 3.71. The van der Waals surface area contributed by atoms with E-state index in [1.807, 2.05) is 27.7 Å². The van der Waals surface area contributed by atoms with Crippen molar-refractivity contribution in [2.75, 3.05) is 6.61 Å². The second-order valence-corrected chi connectivity index (χ2v) is 7.15. The van der Waals surface area contributed by atoms with Gasteiger partial charge in [-0.2, -0.15) is 0 Å². The third-order valence-corrected chi connectivity index (χ3v) is 5.44. The number of carboxylic acid groups (broad SMARTS) is 1. The number of ether oxygens (including phenoxy) is 1. The lowest BCUT2D eigenvalue weighted by molar-refractivity contribution is -0.143. The molecular formula is C18H30O4. The predicted octanol–water partition coefficient (Wildman–Crippen LogP) is 4.05. The zero-order chi connectivity index (χ0) is 17.1. The normalized spacial score (nSPS) is 25.7. The smallest absolute Gasteiger partial charge is 0.334 e. The molecule has 1 N–H and O–H groups in total. The van der Waals surface area contributed by atoms with Crippen LogP contribution < -0.4 is 0 Å². The third-order valence-electron chi connectivity index (χ3n) is 5.44. The number of esters is 1. The van der Waals surface area contributed by atoms with Crippen LogP contribution in [0.2, 0.25) is 0 Å². The highest BCUT2D eigenvalue weighted by Gasteiger charge is 2.45. The highest BCUT2D eigenvalue weighted by atomic mass is 16.5. The summed E-state index contributed by atoms with van der Waals surface area (Å²) in [6, 6.07) is 0. The maximum atomic E-state index is 12.4. The first-order valence-electron chi connectivity index (χ1n) is 8.30. The minimum Gasteiger partial charge on any atom is -0.478 e. The highest BCUT2D eigenvalue weighted by Crippen LogP contribution is 2.48. The Morgan fingerprint density at radius 3 is 2.41 bits per heavy atom. The van der Waals surface area contributed by atoms with Crippen LogP contribution in [0.5, 0.6) is 0 Å². The van der Waals surface area contributed by atoms with E-state index in [9.17, 15) is 14.7 Å². The molecule has 0 saturated heterocycles. The lowest BCUT2D eigenvalue weighted by atomic mass is 9.61. The van der Waals surface area contributed by atoms with Crippen LogP contribution in [0.3, 0.4) is 0 Å². The molecule has 1 aliphatic rings. The summed E-state index contributed by atoms with van der Waals surface area (Å²) in [6.45, 7) is 12.4. The van der Waals surface area contributed by atoms with Crippen molar-refractivity contribution in [2.24, 2.45) is 23.2 Å². The summed E-state index contributed by atoms with van der Waals surface area (Å²) in [7, 11) is 0. The molecule has 0 heterocycles. The van der Waals surface area contributed by atoms with Gasteiger partial charge in [0.2, 0.25) is 0 Å². The van der Waals surface area contributed by atoms with Gasteiger partial charge in [-0.1, -0.05) is 54.4 Å². The van der Waals surface area contributed by atoms with Crippen molar-refractivity contribution in [2.45, 2.75) is 60.8 Å². The van der Waals surface area contributed by atoms with Crippen LogP contribution in [0.15, 0.2) is 11.1 Å². The molecule has 4 nitrogen and oxygen atoms in total. The summed E-state index contributed by atoms with van der Waals surface area (Å²) in [5, 5.41) is 9.63. The van der Waals surface area contributed by atoms with E-state index in [2.05, 4.69) is 13.8 Å². The van der Waals surface area contributed by atoms with Crippen molar-refractivity contribution in [3.05, 3.63) is 11.1 Å². The molecule has 126 valence electrons. The van der Waals surface area contributed by atoms with Crippen molar-refractivity contribution >= 4 is 11.9 Å². The van der Waals surface area contributed by atoms with Gasteiger partial charge in [-0.25, -0.2) is 9.59 Å². The number of carboxylic acids is 1. The van der Waals surface area contributed by atoms with Crippen LogP contribution in [-0.2, 0) is 14.3 Å². The van der Waals surface area contributed by atoms with Crippen LogP contribution in [0.25, 0.3) is 0 Å². The van der Waals surface area contributed by atoms with Crippen molar-refractivity contribution in [1.29, 1.82) is 0 Å². The van der Waals surface area contributed by atoms with E-state index in [0.29, 0.717) is 24.5 Å². The summed E-state index contributed by atoms with van der Waals surface area (Å²) < 4.78 is 5.38. The second-order valence-electron chi connectivity index (χ2n) is 7.15. The molecule has 0 aromatic carbocycles. The molecule has 0 radical (unpaired) electrons. The molecular weight excluding hydrogens is 280 g/mol. The van der Waals surface area contributed by atoms with E-state index in [1.54, 1.807) is 0 Å². The fraction of sp³-hybridized carbons (Fsp3) is 0.778. The second kappa shape index (κ2) is 7.30. The SMILES string of the molecule is CCC(C)COC(=O)C1=C(C(=O)O)C(C)(C)C(C)C(CC)C1. The fourth-order valence-corrected chi connectivity index (χ4v) is 3.26. The minimum absolute atomic E-state index is 0.217. The van der Waals surface area contributed by atoms with E-state index in [0.717, 1.165) is 12.8 Å². The summed E-state index contributed by atoms with van der Waals surface area (Å²) in [5.41, 5.74) is 0.0692. The molecule has 0 bridgehead atoms. The highest BCUT2D eigenvalue weighted by molar-refractivity contribution is 6.01. The first kappa shape index (κ1) is 18.7. The standard InChI is InChI=1S/C18H30O4/c1-7-11(3)10-22-17(21)14-9-13(8-2)12(4)18(5,6)15(14)16(19)20/h11-13H,7-10H2,1-6H3,(H,19,20). The topological polar surface area (TPSA) is 63.6 Å². The van der Waals surface area contributed by atoms with Crippen LogP contribution in [-0.4, -0.2) is 23.7 Å². The van der Waals surface area contributed by atoms with Crippen molar-refractivity contribution in [1.82, 2.24) is 0 Å². The molecule has 4 heteroatoms. The largest absolute Gasteiger partial charge is 0.478 e. The van der Waals surface area contributed by atoms with Gasteiger partial charge in [0, 0.05) is 11.0 Å². The quantitative estimate of drug-likeness (QED) is 0.752. The van der Waals surface area contributed by atoms with Crippen LogP contribution in [0.1, 0.15) is 60.8 Å². The molecule has 0 amide bonds. The number of hydrogen-bond acceptors (Lipinski definition) is 3. The van der Waals surface area contributed by atoms with E-state index in [4.69, 9.17) is 4.74 Å². The van der Waals surface area contributed by atoms with Gasteiger partial charge in [0.15, 0.2) is 0 Å². The molecule has 0 aromatic heterocycles. The van der Waals surface area contributed by atoms with Gasteiger partial charge in [0.05, 0.1) is 12.2 Å². The summed E-state index contributed by atoms with van der Waals surface area (Å²) in [4.78, 5) is 24.2. The predicted molar refractivity (Wildman–Crippen MR) is 86.4 cm³/mol. The Kier molecular flexibility index (Phi) is 6.21. The molecule has 22 heavy (non-hydrogen) atoms.